The molecule has 1 aliphatic heterocycles. The van der Waals surface area contributed by atoms with Crippen molar-refractivity contribution in [2.45, 2.75) is 25.9 Å². The second kappa shape index (κ2) is 5.04. The van der Waals surface area contributed by atoms with Gasteiger partial charge in [-0.2, -0.15) is 0 Å². The number of carbonyl (C=O) groups excluding carboxylic acids is 1. The number of benzene rings is 1. The minimum absolute atomic E-state index is 0.0962. The molecule has 3 nitrogen and oxygen atoms in total. The van der Waals surface area contributed by atoms with E-state index in [4.69, 9.17) is 4.74 Å². The van der Waals surface area contributed by atoms with Gasteiger partial charge in [0.25, 0.3) is 0 Å². The number of Topliss-reactive ketones (excluding diaryl/α,β-unsaturated/α-hetero) is 1. The Morgan fingerprint density at radius 2 is 2.29 bits per heavy atom. The summed E-state index contributed by atoms with van der Waals surface area (Å²) >= 11 is 0. The van der Waals surface area contributed by atoms with E-state index in [1.807, 2.05) is 31.2 Å². The smallest absolute Gasteiger partial charge is 0.179 e. The lowest BCUT2D eigenvalue weighted by atomic mass is 10.0. The highest BCUT2D eigenvalue weighted by atomic mass is 16.5. The van der Waals surface area contributed by atoms with Gasteiger partial charge in [-0.05, 0) is 18.6 Å². The van der Waals surface area contributed by atoms with Gasteiger partial charge in [0.05, 0.1) is 12.2 Å². The van der Waals surface area contributed by atoms with Crippen LogP contribution in [0, 0.1) is 0 Å². The first kappa shape index (κ1) is 11.7. The number of nitrogens with one attached hydrogen (secondary N) is 1. The van der Waals surface area contributed by atoms with Crippen LogP contribution in [0.5, 0.6) is 5.75 Å². The van der Waals surface area contributed by atoms with Crippen LogP contribution < -0.4 is 10.1 Å². The molecule has 17 heavy (non-hydrogen) atoms. The van der Waals surface area contributed by atoms with Crippen molar-refractivity contribution in [3.05, 3.63) is 36.4 Å². The van der Waals surface area contributed by atoms with Crippen LogP contribution in [0.15, 0.2) is 36.4 Å². The van der Waals surface area contributed by atoms with Gasteiger partial charge in [0, 0.05) is 6.42 Å². The van der Waals surface area contributed by atoms with Crippen molar-refractivity contribution in [2.75, 3.05) is 11.9 Å². The minimum atomic E-state index is -0.395. The Labute approximate surface area is 101 Å². The summed E-state index contributed by atoms with van der Waals surface area (Å²) < 4.78 is 5.69. The Balaban J connectivity index is 2.02. The highest BCUT2D eigenvalue weighted by Crippen LogP contribution is 2.28. The standard InChI is InChI=1S/C14H17NO2/c1-3-10(2)8-12(16)14-9-15-11-6-4-5-7-13(11)17-14/h4-7,14-15H,2-3,8-9H2,1H3. The second-order valence-electron chi connectivity index (χ2n) is 4.23. The van der Waals surface area contributed by atoms with Crippen LogP contribution in [-0.2, 0) is 4.79 Å². The molecule has 0 radical (unpaired) electrons. The zero-order chi connectivity index (χ0) is 12.3. The number of anilines is 1. The van der Waals surface area contributed by atoms with Crippen LogP contribution in [0.3, 0.4) is 0 Å². The van der Waals surface area contributed by atoms with Gasteiger partial charge in [0.15, 0.2) is 11.9 Å². The first-order valence-corrected chi connectivity index (χ1v) is 5.89. The molecule has 1 heterocycles. The molecule has 0 spiro atoms. The Hall–Kier alpha value is -1.77. The van der Waals surface area contributed by atoms with Gasteiger partial charge in [0.1, 0.15) is 5.75 Å². The van der Waals surface area contributed by atoms with Gasteiger partial charge in [-0.3, -0.25) is 4.79 Å². The molecule has 1 unspecified atom stereocenters. The van der Waals surface area contributed by atoms with E-state index in [1.165, 1.54) is 0 Å². The summed E-state index contributed by atoms with van der Waals surface area (Å²) in [7, 11) is 0. The molecule has 2 rings (SSSR count). The van der Waals surface area contributed by atoms with Crippen molar-refractivity contribution in [1.82, 2.24) is 0 Å². The van der Waals surface area contributed by atoms with Gasteiger partial charge in [0.2, 0.25) is 0 Å². The predicted octanol–water partition coefficient (Wildman–Crippen LogP) is 2.78. The van der Waals surface area contributed by atoms with Gasteiger partial charge >= 0.3 is 0 Å². The molecular weight excluding hydrogens is 214 g/mol. The predicted molar refractivity (Wildman–Crippen MR) is 68.4 cm³/mol. The van der Waals surface area contributed by atoms with E-state index in [9.17, 15) is 4.79 Å². The van der Waals surface area contributed by atoms with Crippen LogP contribution >= 0.6 is 0 Å². The average molecular weight is 231 g/mol. The minimum Gasteiger partial charge on any atom is -0.479 e. The molecule has 1 atom stereocenters. The maximum atomic E-state index is 12.0. The fraction of sp³-hybridized carbons (Fsp3) is 0.357. The largest absolute Gasteiger partial charge is 0.479 e. The third-order valence-corrected chi connectivity index (χ3v) is 2.92. The van der Waals surface area contributed by atoms with Gasteiger partial charge in [-0.25, -0.2) is 0 Å². The second-order valence-corrected chi connectivity index (χ2v) is 4.23. The molecule has 1 aromatic rings. The van der Waals surface area contributed by atoms with Crippen LogP contribution in [0.2, 0.25) is 0 Å². The first-order valence-electron chi connectivity index (χ1n) is 5.89. The van der Waals surface area contributed by atoms with Crippen molar-refractivity contribution in [3.8, 4) is 5.75 Å². The van der Waals surface area contributed by atoms with Crippen molar-refractivity contribution in [1.29, 1.82) is 0 Å². The number of fused-ring (bicyclic) bond motifs is 1. The maximum Gasteiger partial charge on any atom is 0.179 e. The Morgan fingerprint density at radius 3 is 3.06 bits per heavy atom. The summed E-state index contributed by atoms with van der Waals surface area (Å²) in [6.45, 7) is 6.39. The summed E-state index contributed by atoms with van der Waals surface area (Å²) in [4.78, 5) is 12.0. The summed E-state index contributed by atoms with van der Waals surface area (Å²) in [6.07, 6.45) is 0.848. The van der Waals surface area contributed by atoms with Gasteiger partial charge in [-0.15, -0.1) is 0 Å². The lowest BCUT2D eigenvalue weighted by Crippen LogP contribution is -2.37. The molecule has 0 aliphatic carbocycles. The Bertz CT molecular complexity index is 440. The van der Waals surface area contributed by atoms with E-state index in [-0.39, 0.29) is 5.78 Å². The lowest BCUT2D eigenvalue weighted by Gasteiger charge is -2.26. The van der Waals surface area contributed by atoms with E-state index in [1.54, 1.807) is 0 Å². The number of para-hydroxylation sites is 2. The van der Waals surface area contributed by atoms with E-state index < -0.39 is 6.10 Å². The summed E-state index contributed by atoms with van der Waals surface area (Å²) in [5.74, 6) is 0.845. The van der Waals surface area contributed by atoms with Crippen molar-refractivity contribution >= 4 is 11.5 Å². The molecule has 0 fully saturated rings. The van der Waals surface area contributed by atoms with Crippen LogP contribution in [0.25, 0.3) is 0 Å². The van der Waals surface area contributed by atoms with Crippen LogP contribution in [0.1, 0.15) is 19.8 Å². The first-order chi connectivity index (χ1) is 8.20. The number of hydrogen-bond donors (Lipinski definition) is 1. The molecular formula is C14H17NO2. The summed E-state index contributed by atoms with van der Waals surface area (Å²) in [5, 5.41) is 3.21. The highest BCUT2D eigenvalue weighted by Gasteiger charge is 2.25. The topological polar surface area (TPSA) is 38.3 Å². The number of carbonyl (C=O) groups is 1. The monoisotopic (exact) mass is 231 g/mol. The molecule has 0 amide bonds. The molecule has 0 bridgehead atoms. The SMILES string of the molecule is C=C(CC)CC(=O)C1CNc2ccccc2O1. The molecule has 0 aromatic heterocycles. The number of ketones is 1. The number of rotatable bonds is 4. The van der Waals surface area contributed by atoms with Crippen molar-refractivity contribution in [2.24, 2.45) is 0 Å². The number of ether oxygens (including phenoxy) is 1. The zero-order valence-corrected chi connectivity index (χ0v) is 10.0. The van der Waals surface area contributed by atoms with E-state index in [2.05, 4.69) is 11.9 Å². The van der Waals surface area contributed by atoms with Crippen LogP contribution in [0.4, 0.5) is 5.69 Å². The van der Waals surface area contributed by atoms with Crippen molar-refractivity contribution in [3.63, 3.8) is 0 Å². The molecule has 90 valence electrons. The number of hydrogen-bond acceptors (Lipinski definition) is 3. The van der Waals surface area contributed by atoms with E-state index in [0.29, 0.717) is 13.0 Å². The number of allylic oxidation sites excluding steroid dienone is 1. The summed E-state index contributed by atoms with van der Waals surface area (Å²) in [6, 6.07) is 7.66. The maximum absolute atomic E-state index is 12.0. The van der Waals surface area contributed by atoms with Crippen molar-refractivity contribution < 1.29 is 9.53 Å². The third kappa shape index (κ3) is 2.67. The average Bonchev–Trinajstić information content (AvgIpc) is 2.38. The normalized spacial score (nSPS) is 17.6. The Morgan fingerprint density at radius 1 is 1.53 bits per heavy atom. The quantitative estimate of drug-likeness (QED) is 0.810. The fourth-order valence-corrected chi connectivity index (χ4v) is 1.78. The molecule has 1 aliphatic rings. The van der Waals surface area contributed by atoms with E-state index in [0.717, 1.165) is 23.4 Å². The van der Waals surface area contributed by atoms with E-state index >= 15 is 0 Å². The highest BCUT2D eigenvalue weighted by molar-refractivity contribution is 5.86. The third-order valence-electron chi connectivity index (χ3n) is 2.92. The zero-order valence-electron chi connectivity index (χ0n) is 10.0. The summed E-state index contributed by atoms with van der Waals surface area (Å²) in [5.41, 5.74) is 1.91. The molecule has 1 aromatic carbocycles. The van der Waals surface area contributed by atoms with Gasteiger partial charge < -0.3 is 10.1 Å². The fourth-order valence-electron chi connectivity index (χ4n) is 1.78. The molecule has 0 saturated carbocycles. The van der Waals surface area contributed by atoms with Crippen LogP contribution in [-0.4, -0.2) is 18.4 Å². The molecule has 1 N–H and O–H groups in total. The Kier molecular flexibility index (Phi) is 3.47. The molecule has 0 saturated heterocycles. The lowest BCUT2D eigenvalue weighted by molar-refractivity contribution is -0.124. The molecule has 3 heteroatoms. The van der Waals surface area contributed by atoms with Gasteiger partial charge in [-0.1, -0.05) is 31.2 Å².